The van der Waals surface area contributed by atoms with E-state index in [0.717, 1.165) is 35.9 Å². The van der Waals surface area contributed by atoms with Crippen molar-refractivity contribution in [3.63, 3.8) is 0 Å². The lowest BCUT2D eigenvalue weighted by atomic mass is 9.87. The van der Waals surface area contributed by atoms with Gasteiger partial charge in [0.25, 0.3) is 0 Å². The van der Waals surface area contributed by atoms with E-state index in [-0.39, 0.29) is 24.0 Å². The highest BCUT2D eigenvalue weighted by Crippen LogP contribution is 2.39. The molecule has 2 heterocycles. The van der Waals surface area contributed by atoms with E-state index in [2.05, 4.69) is 36.6 Å². The zero-order valence-electron chi connectivity index (χ0n) is 17.3. The lowest BCUT2D eigenvalue weighted by Gasteiger charge is -2.22. The summed E-state index contributed by atoms with van der Waals surface area (Å²) in [6, 6.07) is 5.68. The van der Waals surface area contributed by atoms with E-state index in [1.54, 1.807) is 17.9 Å². The Kier molecular flexibility index (Phi) is 6.18. The molecule has 31 heavy (non-hydrogen) atoms. The molecule has 2 atom stereocenters. The molecule has 10 heteroatoms. The molecule has 2 aromatic heterocycles. The van der Waals surface area contributed by atoms with Gasteiger partial charge in [-0.2, -0.15) is 10.1 Å². The number of halogens is 2. The second kappa shape index (κ2) is 8.72. The lowest BCUT2D eigenvalue weighted by Crippen LogP contribution is -2.35. The van der Waals surface area contributed by atoms with Crippen molar-refractivity contribution in [3.05, 3.63) is 39.6 Å². The first kappa shape index (κ1) is 22.0. The maximum Gasteiger partial charge on any atom is 0.225 e. The van der Waals surface area contributed by atoms with E-state index in [1.807, 2.05) is 25.1 Å². The highest BCUT2D eigenvalue weighted by Gasteiger charge is 2.40. The minimum atomic E-state index is -0.384. The fourth-order valence-electron chi connectivity index (χ4n) is 4.20. The maximum atomic E-state index is 12.2. The topological polar surface area (TPSA) is 105 Å². The third kappa shape index (κ3) is 4.40. The maximum absolute atomic E-state index is 12.2. The van der Waals surface area contributed by atoms with Gasteiger partial charge in [-0.25, -0.2) is 9.67 Å². The van der Waals surface area contributed by atoms with Crippen LogP contribution in [-0.4, -0.2) is 50.5 Å². The summed E-state index contributed by atoms with van der Waals surface area (Å²) in [5, 5.41) is 21.3. The molecule has 1 aliphatic carbocycles. The Morgan fingerprint density at radius 3 is 2.97 bits per heavy atom. The number of aliphatic hydroxyl groups excluding tert-OH is 1. The molecule has 0 bridgehead atoms. The molecule has 1 saturated carbocycles. The van der Waals surface area contributed by atoms with Gasteiger partial charge in [0.05, 0.1) is 11.1 Å². The van der Waals surface area contributed by atoms with Crippen LogP contribution in [-0.2, 0) is 11.2 Å². The number of nitrogens with zero attached hydrogens (tertiary/aromatic N) is 4. The molecular weight excluding hydrogens is 484 g/mol. The fraction of sp³-hybridized carbons (Fsp3) is 0.429. The van der Waals surface area contributed by atoms with E-state index < -0.39 is 0 Å². The number of rotatable bonds is 6. The van der Waals surface area contributed by atoms with Crippen molar-refractivity contribution in [1.29, 1.82) is 0 Å². The number of carbonyl (C=O) groups is 1. The van der Waals surface area contributed by atoms with E-state index in [1.165, 1.54) is 0 Å². The van der Waals surface area contributed by atoms with E-state index in [9.17, 15) is 9.90 Å². The Bertz CT molecular complexity index is 1140. The fourth-order valence-corrected chi connectivity index (χ4v) is 4.89. The summed E-state index contributed by atoms with van der Waals surface area (Å²) >= 11 is 9.77. The zero-order chi connectivity index (χ0) is 22.2. The number of anilines is 1. The molecule has 0 aliphatic heterocycles. The molecule has 164 valence electrons. The van der Waals surface area contributed by atoms with Crippen LogP contribution in [0.1, 0.15) is 31.7 Å². The normalized spacial score (nSPS) is 20.9. The summed E-state index contributed by atoms with van der Waals surface area (Å²) in [6.07, 6.45) is 4.63. The van der Waals surface area contributed by atoms with Crippen LogP contribution in [0.25, 0.3) is 16.7 Å². The number of benzene rings is 1. The average Bonchev–Trinajstić information content (AvgIpc) is 3.28. The number of aromatic nitrogens is 4. The van der Waals surface area contributed by atoms with Crippen molar-refractivity contribution < 1.29 is 9.90 Å². The second-order valence-corrected chi connectivity index (χ2v) is 9.34. The van der Waals surface area contributed by atoms with Gasteiger partial charge in [0.1, 0.15) is 4.60 Å². The first-order valence-electron chi connectivity index (χ1n) is 10.1. The van der Waals surface area contributed by atoms with Crippen LogP contribution in [0.5, 0.6) is 0 Å². The van der Waals surface area contributed by atoms with Gasteiger partial charge in [-0.15, -0.1) is 0 Å². The molecule has 8 nitrogen and oxygen atoms in total. The number of fused-ring (bicyclic) bond motifs is 1. The Hall–Kier alpha value is -2.23. The Balaban J connectivity index is 1.65. The third-order valence-electron chi connectivity index (χ3n) is 5.82. The number of hydrogen-bond donors (Lipinski definition) is 3. The van der Waals surface area contributed by atoms with Gasteiger partial charge in [-0.3, -0.25) is 4.79 Å². The van der Waals surface area contributed by atoms with Crippen molar-refractivity contribution in [3.8, 4) is 5.69 Å². The van der Waals surface area contributed by atoms with Crippen molar-refractivity contribution in [2.75, 3.05) is 19.0 Å². The van der Waals surface area contributed by atoms with Crippen molar-refractivity contribution >= 4 is 50.4 Å². The monoisotopic (exact) mass is 506 g/mol. The number of hydrogen-bond acceptors (Lipinski definition) is 6. The van der Waals surface area contributed by atoms with Crippen molar-refractivity contribution in [2.24, 2.45) is 5.41 Å². The van der Waals surface area contributed by atoms with Crippen LogP contribution in [0.4, 0.5) is 5.95 Å². The predicted molar refractivity (Wildman–Crippen MR) is 124 cm³/mol. The molecule has 3 aromatic rings. The molecule has 1 aromatic carbocycles. The Labute approximate surface area is 193 Å². The van der Waals surface area contributed by atoms with Gasteiger partial charge in [0.15, 0.2) is 5.65 Å². The average molecular weight is 508 g/mol. The van der Waals surface area contributed by atoms with E-state index in [4.69, 9.17) is 16.6 Å². The van der Waals surface area contributed by atoms with Gasteiger partial charge in [0.2, 0.25) is 11.9 Å². The minimum Gasteiger partial charge on any atom is -0.396 e. The Morgan fingerprint density at radius 2 is 2.23 bits per heavy atom. The first-order chi connectivity index (χ1) is 14.8. The largest absolute Gasteiger partial charge is 0.396 e. The van der Waals surface area contributed by atoms with Gasteiger partial charge in [-0.1, -0.05) is 18.5 Å². The smallest absolute Gasteiger partial charge is 0.225 e. The molecule has 4 rings (SSSR count). The standard InChI is InChI=1S/C21H24BrClN6O2/c1-21(19(31)24-2)5-3-14(10-21)26-20-25-11-16-17(22)28-29(18(16)27-20)15-8-12(4-6-30)7-13(23)9-15/h7-9,11,14,30H,3-6,10H2,1-2H3,(H,24,31)(H,25,26,27)/t14-,21-/m1/s1. The lowest BCUT2D eigenvalue weighted by molar-refractivity contribution is -0.129. The van der Waals surface area contributed by atoms with Crippen LogP contribution in [0.3, 0.4) is 0 Å². The van der Waals surface area contributed by atoms with Crippen molar-refractivity contribution in [2.45, 2.75) is 38.6 Å². The molecular formula is C21H24BrClN6O2. The van der Waals surface area contributed by atoms with Crippen molar-refractivity contribution in [1.82, 2.24) is 25.1 Å². The summed E-state index contributed by atoms with van der Waals surface area (Å²) < 4.78 is 2.34. The SMILES string of the molecule is CNC(=O)[C@]1(C)CC[C@@H](Nc2ncc3c(Br)nn(-c4cc(Cl)cc(CCO)c4)c3n2)C1. The third-order valence-corrected chi connectivity index (χ3v) is 6.62. The molecule has 1 aliphatic rings. The highest BCUT2D eigenvalue weighted by atomic mass is 79.9. The molecule has 0 unspecified atom stereocenters. The molecule has 3 N–H and O–H groups in total. The molecule has 0 spiro atoms. The van der Waals surface area contributed by atoms with E-state index >= 15 is 0 Å². The summed E-state index contributed by atoms with van der Waals surface area (Å²) in [7, 11) is 1.67. The zero-order valence-corrected chi connectivity index (χ0v) is 19.7. The quantitative estimate of drug-likeness (QED) is 0.472. The van der Waals surface area contributed by atoms with Crippen LogP contribution >= 0.6 is 27.5 Å². The summed E-state index contributed by atoms with van der Waals surface area (Å²) in [6.45, 7) is 2.03. The molecule has 0 radical (unpaired) electrons. The summed E-state index contributed by atoms with van der Waals surface area (Å²) in [5.41, 5.74) is 1.92. The number of carbonyl (C=O) groups excluding carboxylic acids is 1. The summed E-state index contributed by atoms with van der Waals surface area (Å²) in [5.74, 6) is 0.555. The van der Waals surface area contributed by atoms with Crippen LogP contribution in [0.2, 0.25) is 5.02 Å². The van der Waals surface area contributed by atoms with Crippen LogP contribution in [0.15, 0.2) is 29.0 Å². The molecule has 1 fully saturated rings. The first-order valence-corrected chi connectivity index (χ1v) is 11.3. The predicted octanol–water partition coefficient (Wildman–Crippen LogP) is 3.48. The molecule has 1 amide bonds. The Morgan fingerprint density at radius 1 is 1.42 bits per heavy atom. The minimum absolute atomic E-state index is 0.0376. The van der Waals surface area contributed by atoms with Gasteiger partial charge in [0, 0.05) is 36.3 Å². The number of aliphatic hydroxyl groups is 1. The van der Waals surface area contributed by atoms with Crippen LogP contribution < -0.4 is 10.6 Å². The highest BCUT2D eigenvalue weighted by molar-refractivity contribution is 9.10. The van der Waals surface area contributed by atoms with Gasteiger partial charge < -0.3 is 15.7 Å². The molecule has 0 saturated heterocycles. The van der Waals surface area contributed by atoms with Crippen LogP contribution in [0, 0.1) is 5.41 Å². The summed E-state index contributed by atoms with van der Waals surface area (Å²) in [4.78, 5) is 21.4. The second-order valence-electron chi connectivity index (χ2n) is 8.15. The number of nitrogens with one attached hydrogen (secondary N) is 2. The van der Waals surface area contributed by atoms with Gasteiger partial charge in [-0.05, 0) is 65.4 Å². The van der Waals surface area contributed by atoms with E-state index in [0.29, 0.717) is 27.6 Å². The number of amides is 1. The van der Waals surface area contributed by atoms with Gasteiger partial charge >= 0.3 is 0 Å².